The van der Waals surface area contributed by atoms with E-state index in [1.54, 1.807) is 0 Å². The summed E-state index contributed by atoms with van der Waals surface area (Å²) < 4.78 is 0. The first kappa shape index (κ1) is 14.3. The van der Waals surface area contributed by atoms with Gasteiger partial charge in [0.2, 0.25) is 0 Å². The fraction of sp³-hybridized carbons (Fsp3) is 0.150. The molecule has 110 valence electrons. The molecule has 0 bridgehead atoms. The summed E-state index contributed by atoms with van der Waals surface area (Å²) >= 11 is 0. The third kappa shape index (κ3) is 2.86. The van der Waals surface area contributed by atoms with E-state index in [0.717, 1.165) is 16.8 Å². The Bertz CT molecular complexity index is 759. The highest BCUT2D eigenvalue weighted by Gasteiger charge is 2.06. The molecule has 0 spiro atoms. The van der Waals surface area contributed by atoms with Crippen LogP contribution in [0.3, 0.4) is 0 Å². The summed E-state index contributed by atoms with van der Waals surface area (Å²) in [6.07, 6.45) is 1.96. The van der Waals surface area contributed by atoms with Gasteiger partial charge in [0.25, 0.3) is 0 Å². The molecule has 3 rings (SSSR count). The molecule has 0 radical (unpaired) electrons. The van der Waals surface area contributed by atoms with Crippen LogP contribution < -0.4 is 4.90 Å². The SMILES string of the molecule is Cc1cc(-c2ccc(N(C)C)cc2)cnc1-c1ccccc1. The Hall–Kier alpha value is -2.61. The molecule has 0 aliphatic carbocycles. The number of aromatic nitrogens is 1. The minimum atomic E-state index is 1.05. The van der Waals surface area contributed by atoms with E-state index in [-0.39, 0.29) is 0 Å². The van der Waals surface area contributed by atoms with Gasteiger partial charge in [-0.25, -0.2) is 0 Å². The van der Waals surface area contributed by atoms with Crippen molar-refractivity contribution in [2.24, 2.45) is 0 Å². The predicted molar refractivity (Wildman–Crippen MR) is 94.2 cm³/mol. The lowest BCUT2D eigenvalue weighted by Gasteiger charge is -2.13. The van der Waals surface area contributed by atoms with Crippen LogP contribution in [0.2, 0.25) is 0 Å². The lowest BCUT2D eigenvalue weighted by Crippen LogP contribution is -2.07. The fourth-order valence-electron chi connectivity index (χ4n) is 2.58. The minimum absolute atomic E-state index is 1.05. The molecule has 2 heteroatoms. The topological polar surface area (TPSA) is 16.1 Å². The van der Waals surface area contributed by atoms with E-state index >= 15 is 0 Å². The fourth-order valence-corrected chi connectivity index (χ4v) is 2.58. The smallest absolute Gasteiger partial charge is 0.0731 e. The quantitative estimate of drug-likeness (QED) is 0.689. The molecule has 0 aliphatic heterocycles. The summed E-state index contributed by atoms with van der Waals surface area (Å²) in [5.41, 5.74) is 6.96. The minimum Gasteiger partial charge on any atom is -0.378 e. The Morgan fingerprint density at radius 1 is 0.773 bits per heavy atom. The average Bonchev–Trinajstić information content (AvgIpc) is 2.55. The maximum absolute atomic E-state index is 4.67. The second kappa shape index (κ2) is 6.02. The Balaban J connectivity index is 1.95. The van der Waals surface area contributed by atoms with Crippen LogP contribution in [0.5, 0.6) is 0 Å². The first-order valence-corrected chi connectivity index (χ1v) is 7.45. The number of rotatable bonds is 3. The average molecular weight is 288 g/mol. The van der Waals surface area contributed by atoms with Crippen LogP contribution in [-0.4, -0.2) is 19.1 Å². The third-order valence-corrected chi connectivity index (χ3v) is 3.84. The van der Waals surface area contributed by atoms with E-state index < -0.39 is 0 Å². The highest BCUT2D eigenvalue weighted by atomic mass is 15.1. The van der Waals surface area contributed by atoms with Crippen molar-refractivity contribution in [1.29, 1.82) is 0 Å². The van der Waals surface area contributed by atoms with Gasteiger partial charge in [0.15, 0.2) is 0 Å². The van der Waals surface area contributed by atoms with Gasteiger partial charge in [0.1, 0.15) is 0 Å². The van der Waals surface area contributed by atoms with Gasteiger partial charge in [0, 0.05) is 37.1 Å². The lowest BCUT2D eigenvalue weighted by atomic mass is 10.0. The molecule has 2 aromatic carbocycles. The third-order valence-electron chi connectivity index (χ3n) is 3.84. The number of aryl methyl sites for hydroxylation is 1. The molecular formula is C20H20N2. The maximum Gasteiger partial charge on any atom is 0.0731 e. The zero-order valence-corrected chi connectivity index (χ0v) is 13.2. The second-order valence-electron chi connectivity index (χ2n) is 5.70. The van der Waals surface area contributed by atoms with Crippen LogP contribution in [0.15, 0.2) is 66.9 Å². The van der Waals surface area contributed by atoms with Crippen molar-refractivity contribution in [1.82, 2.24) is 4.98 Å². The standard InChI is InChI=1S/C20H20N2/c1-15-13-18(16-9-11-19(12-10-16)22(2)3)14-21-20(15)17-7-5-4-6-8-17/h4-14H,1-3H3. The maximum atomic E-state index is 4.67. The van der Waals surface area contributed by atoms with E-state index in [1.807, 2.05) is 24.4 Å². The first-order valence-electron chi connectivity index (χ1n) is 7.45. The Labute approximate surface area is 132 Å². The molecule has 22 heavy (non-hydrogen) atoms. The molecule has 0 atom stereocenters. The number of pyridine rings is 1. The van der Waals surface area contributed by atoms with Crippen molar-refractivity contribution in [2.45, 2.75) is 6.92 Å². The number of hydrogen-bond acceptors (Lipinski definition) is 2. The van der Waals surface area contributed by atoms with Crippen LogP contribution in [0.25, 0.3) is 22.4 Å². The number of hydrogen-bond donors (Lipinski definition) is 0. The first-order chi connectivity index (χ1) is 10.6. The van der Waals surface area contributed by atoms with E-state index in [1.165, 1.54) is 16.8 Å². The molecule has 0 saturated carbocycles. The number of benzene rings is 2. The van der Waals surface area contributed by atoms with Crippen LogP contribution >= 0.6 is 0 Å². The molecule has 0 unspecified atom stereocenters. The summed E-state index contributed by atoms with van der Waals surface area (Å²) in [6, 6.07) is 21.1. The molecule has 0 aliphatic rings. The molecule has 0 saturated heterocycles. The van der Waals surface area contributed by atoms with Crippen molar-refractivity contribution in [3.63, 3.8) is 0 Å². The lowest BCUT2D eigenvalue weighted by molar-refractivity contribution is 1.13. The highest BCUT2D eigenvalue weighted by molar-refractivity contribution is 5.70. The second-order valence-corrected chi connectivity index (χ2v) is 5.70. The summed E-state index contributed by atoms with van der Waals surface area (Å²) in [6.45, 7) is 2.12. The Morgan fingerprint density at radius 3 is 2.05 bits per heavy atom. The summed E-state index contributed by atoms with van der Waals surface area (Å²) in [7, 11) is 4.10. The van der Waals surface area contributed by atoms with Gasteiger partial charge in [-0.3, -0.25) is 4.98 Å². The van der Waals surface area contributed by atoms with Crippen molar-refractivity contribution >= 4 is 5.69 Å². The summed E-state index contributed by atoms with van der Waals surface area (Å²) in [4.78, 5) is 6.77. The van der Waals surface area contributed by atoms with Gasteiger partial charge in [-0.05, 0) is 36.2 Å². The Kier molecular flexibility index (Phi) is 3.92. The van der Waals surface area contributed by atoms with Gasteiger partial charge in [0.05, 0.1) is 5.69 Å². The molecule has 0 fully saturated rings. The molecular weight excluding hydrogens is 268 g/mol. The summed E-state index contributed by atoms with van der Waals surface area (Å²) in [5.74, 6) is 0. The predicted octanol–water partition coefficient (Wildman–Crippen LogP) is 4.79. The van der Waals surface area contributed by atoms with Crippen LogP contribution in [-0.2, 0) is 0 Å². The monoisotopic (exact) mass is 288 g/mol. The van der Waals surface area contributed by atoms with Gasteiger partial charge < -0.3 is 4.90 Å². The van der Waals surface area contributed by atoms with Crippen LogP contribution in [0.1, 0.15) is 5.56 Å². The molecule has 0 amide bonds. The van der Waals surface area contributed by atoms with Crippen molar-refractivity contribution < 1.29 is 0 Å². The molecule has 2 nitrogen and oxygen atoms in total. The molecule has 0 N–H and O–H groups in total. The van der Waals surface area contributed by atoms with E-state index in [9.17, 15) is 0 Å². The van der Waals surface area contributed by atoms with E-state index in [0.29, 0.717) is 0 Å². The van der Waals surface area contributed by atoms with Gasteiger partial charge >= 0.3 is 0 Å². The van der Waals surface area contributed by atoms with Crippen molar-refractivity contribution in [3.8, 4) is 22.4 Å². The molecule has 3 aromatic rings. The highest BCUT2D eigenvalue weighted by Crippen LogP contribution is 2.27. The van der Waals surface area contributed by atoms with Crippen LogP contribution in [0, 0.1) is 6.92 Å². The van der Waals surface area contributed by atoms with Crippen molar-refractivity contribution in [2.75, 3.05) is 19.0 Å². The van der Waals surface area contributed by atoms with Gasteiger partial charge in [-0.2, -0.15) is 0 Å². The molecule has 1 heterocycles. The Morgan fingerprint density at radius 2 is 1.45 bits per heavy atom. The normalized spacial score (nSPS) is 10.5. The largest absolute Gasteiger partial charge is 0.378 e. The van der Waals surface area contributed by atoms with E-state index in [2.05, 4.69) is 73.4 Å². The zero-order valence-electron chi connectivity index (χ0n) is 13.2. The zero-order chi connectivity index (χ0) is 15.5. The van der Waals surface area contributed by atoms with E-state index in [4.69, 9.17) is 0 Å². The summed E-state index contributed by atoms with van der Waals surface area (Å²) in [5, 5.41) is 0. The van der Waals surface area contributed by atoms with Crippen LogP contribution in [0.4, 0.5) is 5.69 Å². The van der Waals surface area contributed by atoms with Gasteiger partial charge in [-0.1, -0.05) is 42.5 Å². The molecule has 1 aromatic heterocycles. The number of nitrogens with zero attached hydrogens (tertiary/aromatic N) is 2. The van der Waals surface area contributed by atoms with Gasteiger partial charge in [-0.15, -0.1) is 0 Å². The van der Waals surface area contributed by atoms with Crippen molar-refractivity contribution in [3.05, 3.63) is 72.4 Å². The number of anilines is 1.